The Labute approximate surface area is 188 Å². The highest BCUT2D eigenvalue weighted by molar-refractivity contribution is 7.09. The summed E-state index contributed by atoms with van der Waals surface area (Å²) >= 11 is 6.92. The first-order valence-corrected chi connectivity index (χ1v) is 10.1. The minimum atomic E-state index is -4.76. The van der Waals surface area contributed by atoms with Gasteiger partial charge in [-0.25, -0.2) is 14.2 Å². The molecule has 11 heteroatoms. The van der Waals surface area contributed by atoms with Crippen molar-refractivity contribution < 1.29 is 36.9 Å². The summed E-state index contributed by atoms with van der Waals surface area (Å²) in [6.07, 6.45) is -4.59. The van der Waals surface area contributed by atoms with E-state index in [0.717, 1.165) is 11.3 Å². The number of nitrogens with zero attached hydrogens (tertiary/aromatic N) is 1. The molecule has 1 N–H and O–H groups in total. The number of hydrogen-bond donors (Lipinski definition) is 1. The third-order valence-electron chi connectivity index (χ3n) is 4.09. The van der Waals surface area contributed by atoms with Crippen molar-refractivity contribution in [2.45, 2.75) is 18.9 Å². The number of carbonyl (C=O) groups excluding carboxylic acids is 1. The first-order valence-electron chi connectivity index (χ1n) is 8.82. The van der Waals surface area contributed by atoms with Crippen molar-refractivity contribution in [2.75, 3.05) is 0 Å². The lowest BCUT2D eigenvalue weighted by Crippen LogP contribution is -2.13. The third-order valence-corrected chi connectivity index (χ3v) is 5.20. The minimum Gasteiger partial charge on any atom is -0.457 e. The van der Waals surface area contributed by atoms with Gasteiger partial charge in [-0.1, -0.05) is 30.3 Å². The summed E-state index contributed by atoms with van der Waals surface area (Å²) in [6.45, 7) is 3.29. The van der Waals surface area contributed by atoms with E-state index in [1.807, 2.05) is 0 Å². The number of carbonyl (C=O) groups is 1. The summed E-state index contributed by atoms with van der Waals surface area (Å²) in [7, 11) is 0. The van der Waals surface area contributed by atoms with Gasteiger partial charge >= 0.3 is 12.1 Å². The summed E-state index contributed by atoms with van der Waals surface area (Å²) in [6, 6.07) is 6.74. The van der Waals surface area contributed by atoms with E-state index in [2.05, 4.69) is 11.6 Å². The third kappa shape index (κ3) is 5.64. The second-order valence-electron chi connectivity index (χ2n) is 6.39. The molecule has 1 aromatic heterocycles. The Balaban J connectivity index is 1.67. The molecule has 0 aliphatic heterocycles. The minimum absolute atomic E-state index is 0.0563. The summed E-state index contributed by atoms with van der Waals surface area (Å²) in [5.41, 5.74) is -1.02. The lowest BCUT2D eigenvalue weighted by molar-refractivity contribution is -0.141. The first-order chi connectivity index (χ1) is 15.1. The normalized spacial score (nSPS) is 12.3. The van der Waals surface area contributed by atoms with Crippen molar-refractivity contribution in [3.05, 3.63) is 87.1 Å². The van der Waals surface area contributed by atoms with Gasteiger partial charge in [-0.15, -0.1) is 11.3 Å². The second kappa shape index (κ2) is 9.68. The Morgan fingerprint density at radius 2 is 2.03 bits per heavy atom. The summed E-state index contributed by atoms with van der Waals surface area (Å²) < 4.78 is 62.9. The van der Waals surface area contributed by atoms with Crippen molar-refractivity contribution >= 4 is 28.9 Å². The molecular weight excluding hydrogens is 474 g/mol. The van der Waals surface area contributed by atoms with Crippen LogP contribution in [0.15, 0.2) is 60.1 Å². The fourth-order valence-corrected chi connectivity index (χ4v) is 3.41. The number of aliphatic hydroxyl groups excluding tert-OH is 1. The fourth-order valence-electron chi connectivity index (χ4n) is 2.51. The Morgan fingerprint density at radius 3 is 2.66 bits per heavy atom. The molecule has 0 bridgehead atoms. The topological polar surface area (TPSA) is 68.7 Å². The van der Waals surface area contributed by atoms with Gasteiger partial charge in [0.2, 0.25) is 0 Å². The van der Waals surface area contributed by atoms with E-state index in [-0.39, 0.29) is 29.0 Å². The summed E-state index contributed by atoms with van der Waals surface area (Å²) in [5.74, 6) is -2.65. The molecule has 1 atom stereocenters. The van der Waals surface area contributed by atoms with E-state index in [1.165, 1.54) is 24.4 Å². The molecule has 0 radical (unpaired) electrons. The number of rotatable bonds is 7. The molecule has 0 saturated carbocycles. The molecule has 0 fully saturated rings. The monoisotopic (exact) mass is 487 g/mol. The van der Waals surface area contributed by atoms with Gasteiger partial charge in [0.15, 0.2) is 11.6 Å². The molecule has 2 aromatic carbocycles. The van der Waals surface area contributed by atoms with Crippen LogP contribution in [0.4, 0.5) is 17.6 Å². The summed E-state index contributed by atoms with van der Waals surface area (Å²) in [5, 5.41) is 11.5. The van der Waals surface area contributed by atoms with E-state index in [9.17, 15) is 27.5 Å². The van der Waals surface area contributed by atoms with Gasteiger partial charge in [0.1, 0.15) is 23.5 Å². The van der Waals surface area contributed by atoms with E-state index in [1.54, 1.807) is 11.4 Å². The highest BCUT2D eigenvalue weighted by Gasteiger charge is 2.32. The lowest BCUT2D eigenvalue weighted by Gasteiger charge is -2.14. The highest BCUT2D eigenvalue weighted by atomic mass is 35.5. The van der Waals surface area contributed by atoms with Gasteiger partial charge in [-0.05, 0) is 29.8 Å². The smallest absolute Gasteiger partial charge is 0.416 e. The van der Waals surface area contributed by atoms with E-state index in [0.29, 0.717) is 11.6 Å². The van der Waals surface area contributed by atoms with Gasteiger partial charge in [-0.3, -0.25) is 0 Å². The van der Waals surface area contributed by atoms with E-state index < -0.39 is 40.4 Å². The molecule has 5 nitrogen and oxygen atoms in total. The molecular formula is C21H14ClF4NO4S. The molecule has 0 spiro atoms. The standard InChI is InChI=1S/C21H14ClF4NO4S/c1-11(17(28)19-27-5-6-32-19)20(29)30-10-12-3-2-4-14(7-12)31-18-15(22)8-13(9-16(18)23)21(24,25)26/h2-9,17,28H,1,10H2. The molecule has 0 saturated heterocycles. The molecule has 168 valence electrons. The number of thiazole rings is 1. The number of ether oxygens (including phenoxy) is 2. The molecule has 1 unspecified atom stereocenters. The van der Waals surface area contributed by atoms with Crippen molar-refractivity contribution in [2.24, 2.45) is 0 Å². The van der Waals surface area contributed by atoms with Crippen LogP contribution in [-0.4, -0.2) is 16.1 Å². The number of alkyl halides is 3. The number of hydrogen-bond acceptors (Lipinski definition) is 6. The lowest BCUT2D eigenvalue weighted by atomic mass is 10.2. The Hall–Kier alpha value is -2.95. The maximum Gasteiger partial charge on any atom is 0.416 e. The number of benzene rings is 2. The Kier molecular flexibility index (Phi) is 7.17. The predicted octanol–water partition coefficient (Wildman–Crippen LogP) is 6.08. The van der Waals surface area contributed by atoms with Crippen LogP contribution in [-0.2, 0) is 22.3 Å². The van der Waals surface area contributed by atoms with Crippen molar-refractivity contribution in [1.29, 1.82) is 0 Å². The van der Waals surface area contributed by atoms with Crippen LogP contribution in [0, 0.1) is 5.82 Å². The maximum atomic E-state index is 14.1. The molecule has 3 aromatic rings. The number of esters is 1. The van der Waals surface area contributed by atoms with Crippen LogP contribution in [0.1, 0.15) is 22.2 Å². The SMILES string of the molecule is C=C(C(=O)OCc1cccc(Oc2c(F)cc(C(F)(F)F)cc2Cl)c1)C(O)c1nccs1. The van der Waals surface area contributed by atoms with Gasteiger partial charge in [0.25, 0.3) is 0 Å². The molecule has 32 heavy (non-hydrogen) atoms. The van der Waals surface area contributed by atoms with Crippen LogP contribution < -0.4 is 4.74 Å². The van der Waals surface area contributed by atoms with Gasteiger partial charge < -0.3 is 14.6 Å². The number of halogens is 5. The largest absolute Gasteiger partial charge is 0.457 e. The zero-order valence-corrected chi connectivity index (χ0v) is 17.6. The molecule has 1 heterocycles. The molecule has 0 aliphatic carbocycles. The van der Waals surface area contributed by atoms with Gasteiger partial charge in [0.05, 0.1) is 16.2 Å². The van der Waals surface area contributed by atoms with Crippen LogP contribution in [0.5, 0.6) is 11.5 Å². The van der Waals surface area contributed by atoms with E-state index >= 15 is 0 Å². The van der Waals surface area contributed by atoms with Gasteiger partial charge in [-0.2, -0.15) is 13.2 Å². The van der Waals surface area contributed by atoms with Crippen molar-refractivity contribution in [1.82, 2.24) is 4.98 Å². The average molecular weight is 488 g/mol. The van der Waals surface area contributed by atoms with Crippen LogP contribution in [0.25, 0.3) is 0 Å². The van der Waals surface area contributed by atoms with Crippen LogP contribution in [0.2, 0.25) is 5.02 Å². The highest BCUT2D eigenvalue weighted by Crippen LogP contribution is 2.38. The second-order valence-corrected chi connectivity index (χ2v) is 7.72. The zero-order chi connectivity index (χ0) is 23.5. The predicted molar refractivity (Wildman–Crippen MR) is 109 cm³/mol. The van der Waals surface area contributed by atoms with Crippen LogP contribution >= 0.6 is 22.9 Å². The summed E-state index contributed by atoms with van der Waals surface area (Å²) in [4.78, 5) is 16.0. The van der Waals surface area contributed by atoms with Gasteiger partial charge in [0, 0.05) is 11.6 Å². The molecule has 3 rings (SSSR count). The quantitative estimate of drug-likeness (QED) is 0.248. The fraction of sp³-hybridized carbons (Fsp3) is 0.143. The first kappa shape index (κ1) is 23.7. The van der Waals surface area contributed by atoms with Crippen molar-refractivity contribution in [3.8, 4) is 11.5 Å². The van der Waals surface area contributed by atoms with E-state index in [4.69, 9.17) is 21.1 Å². The average Bonchev–Trinajstić information content (AvgIpc) is 3.28. The van der Waals surface area contributed by atoms with Crippen LogP contribution in [0.3, 0.4) is 0 Å². The molecule has 0 aliphatic rings. The Bertz CT molecular complexity index is 1110. The zero-order valence-electron chi connectivity index (χ0n) is 16.0. The van der Waals surface area contributed by atoms with Crippen molar-refractivity contribution in [3.63, 3.8) is 0 Å². The number of aliphatic hydroxyl groups is 1. The number of aromatic nitrogens is 1. The Morgan fingerprint density at radius 1 is 1.28 bits per heavy atom. The molecule has 0 amide bonds. The maximum absolute atomic E-state index is 14.1.